The molecule has 2 aromatic carbocycles. The van der Waals surface area contributed by atoms with Crippen LogP contribution < -0.4 is 10.0 Å². The summed E-state index contributed by atoms with van der Waals surface area (Å²) in [6.45, 7) is 0.0576. The molecule has 0 saturated carbocycles. The smallest absolute Gasteiger partial charge is 0.244 e. The zero-order valence-corrected chi connectivity index (χ0v) is 19.4. The van der Waals surface area contributed by atoms with Crippen LogP contribution in [-0.4, -0.2) is 53.1 Å². The van der Waals surface area contributed by atoms with Gasteiger partial charge in [-0.1, -0.05) is 30.3 Å². The first-order valence-electron chi connectivity index (χ1n) is 9.48. The SMILES string of the molecule is CSCCC(NS(=O)(=O)c1ccccc1F)C(=O)NCCCS(=O)(=O)c1ccccc1. The number of carbonyl (C=O) groups excluding carboxylic acids is 1. The third-order valence-corrected chi connectivity index (χ3v) is 8.31. The molecule has 170 valence electrons. The van der Waals surface area contributed by atoms with E-state index < -0.39 is 42.5 Å². The Hall–Kier alpha value is -1.95. The van der Waals surface area contributed by atoms with Crippen LogP contribution in [0.2, 0.25) is 0 Å². The Morgan fingerprint density at radius 2 is 1.68 bits per heavy atom. The van der Waals surface area contributed by atoms with Crippen molar-refractivity contribution in [3.05, 3.63) is 60.4 Å². The van der Waals surface area contributed by atoms with Gasteiger partial charge in [-0.05, 0) is 49.1 Å². The largest absolute Gasteiger partial charge is 0.355 e. The van der Waals surface area contributed by atoms with Crippen molar-refractivity contribution in [3.8, 4) is 0 Å². The molecule has 2 rings (SSSR count). The van der Waals surface area contributed by atoms with Crippen molar-refractivity contribution in [2.45, 2.75) is 28.7 Å². The van der Waals surface area contributed by atoms with Crippen molar-refractivity contribution in [1.29, 1.82) is 0 Å². The van der Waals surface area contributed by atoms with Crippen molar-refractivity contribution in [2.75, 3.05) is 24.3 Å². The molecular formula is C20H25FN2O5S3. The van der Waals surface area contributed by atoms with Crippen molar-refractivity contribution >= 4 is 37.5 Å². The molecule has 0 aliphatic heterocycles. The third kappa shape index (κ3) is 7.60. The van der Waals surface area contributed by atoms with Gasteiger partial charge in [0.15, 0.2) is 9.84 Å². The van der Waals surface area contributed by atoms with E-state index in [-0.39, 0.29) is 30.0 Å². The van der Waals surface area contributed by atoms with Crippen LogP contribution in [0.5, 0.6) is 0 Å². The van der Waals surface area contributed by atoms with E-state index in [1.165, 1.54) is 36.0 Å². The van der Waals surface area contributed by atoms with Gasteiger partial charge in [-0.15, -0.1) is 0 Å². The average molecular weight is 489 g/mol. The Balaban J connectivity index is 1.97. The lowest BCUT2D eigenvalue weighted by atomic mass is 10.2. The summed E-state index contributed by atoms with van der Waals surface area (Å²) >= 11 is 1.43. The lowest BCUT2D eigenvalue weighted by Gasteiger charge is -2.18. The maximum atomic E-state index is 13.9. The van der Waals surface area contributed by atoms with Gasteiger partial charge in [0.25, 0.3) is 0 Å². The molecule has 0 aromatic heterocycles. The van der Waals surface area contributed by atoms with Crippen LogP contribution in [0.25, 0.3) is 0 Å². The number of hydrogen-bond donors (Lipinski definition) is 2. The summed E-state index contributed by atoms with van der Waals surface area (Å²) in [5.74, 6) is -1.16. The summed E-state index contributed by atoms with van der Waals surface area (Å²) in [6.07, 6.45) is 2.18. The van der Waals surface area contributed by atoms with Gasteiger partial charge < -0.3 is 5.32 Å². The molecule has 2 N–H and O–H groups in total. The van der Waals surface area contributed by atoms with Crippen LogP contribution >= 0.6 is 11.8 Å². The average Bonchev–Trinajstić information content (AvgIpc) is 2.74. The number of thioether (sulfide) groups is 1. The zero-order valence-electron chi connectivity index (χ0n) is 17.0. The summed E-state index contributed by atoms with van der Waals surface area (Å²) < 4.78 is 65.8. The van der Waals surface area contributed by atoms with E-state index in [4.69, 9.17) is 0 Å². The Morgan fingerprint density at radius 1 is 1.03 bits per heavy atom. The third-order valence-electron chi connectivity index (χ3n) is 4.34. The molecule has 11 heteroatoms. The fourth-order valence-electron chi connectivity index (χ4n) is 2.74. The molecule has 0 bridgehead atoms. The van der Waals surface area contributed by atoms with Gasteiger partial charge in [-0.2, -0.15) is 16.5 Å². The minimum atomic E-state index is -4.25. The van der Waals surface area contributed by atoms with Crippen molar-refractivity contribution < 1.29 is 26.0 Å². The number of benzene rings is 2. The lowest BCUT2D eigenvalue weighted by molar-refractivity contribution is -0.122. The summed E-state index contributed by atoms with van der Waals surface area (Å²) in [7, 11) is -7.72. The van der Waals surface area contributed by atoms with E-state index in [9.17, 15) is 26.0 Å². The second kappa shape index (κ2) is 11.6. The van der Waals surface area contributed by atoms with E-state index in [0.717, 1.165) is 12.1 Å². The predicted octanol–water partition coefficient (Wildman–Crippen LogP) is 2.21. The minimum Gasteiger partial charge on any atom is -0.355 e. The summed E-state index contributed by atoms with van der Waals surface area (Å²) in [6, 6.07) is 11.8. The monoisotopic (exact) mass is 488 g/mol. The van der Waals surface area contributed by atoms with E-state index in [1.54, 1.807) is 18.2 Å². The van der Waals surface area contributed by atoms with Gasteiger partial charge in [0.2, 0.25) is 15.9 Å². The minimum absolute atomic E-state index is 0.0576. The lowest BCUT2D eigenvalue weighted by Crippen LogP contribution is -2.47. The first-order chi connectivity index (χ1) is 14.7. The Bertz CT molecular complexity index is 1080. The first kappa shape index (κ1) is 25.3. The number of nitrogens with one attached hydrogen (secondary N) is 2. The molecule has 0 heterocycles. The quantitative estimate of drug-likeness (QED) is 0.444. The number of halogens is 1. The van der Waals surface area contributed by atoms with Gasteiger partial charge in [0.05, 0.1) is 10.6 Å². The van der Waals surface area contributed by atoms with Crippen LogP contribution in [0.1, 0.15) is 12.8 Å². The second-order valence-electron chi connectivity index (χ2n) is 6.66. The molecule has 0 saturated heterocycles. The fraction of sp³-hybridized carbons (Fsp3) is 0.350. The number of carbonyl (C=O) groups is 1. The molecule has 31 heavy (non-hydrogen) atoms. The maximum absolute atomic E-state index is 13.9. The highest BCUT2D eigenvalue weighted by molar-refractivity contribution is 7.98. The molecule has 0 aliphatic carbocycles. The zero-order chi connectivity index (χ0) is 22.9. The molecule has 0 aliphatic rings. The molecule has 1 atom stereocenters. The molecule has 7 nitrogen and oxygen atoms in total. The van der Waals surface area contributed by atoms with Crippen molar-refractivity contribution in [2.24, 2.45) is 0 Å². The van der Waals surface area contributed by atoms with Gasteiger partial charge >= 0.3 is 0 Å². The highest BCUT2D eigenvalue weighted by Crippen LogP contribution is 2.15. The number of amides is 1. The highest BCUT2D eigenvalue weighted by Gasteiger charge is 2.27. The van der Waals surface area contributed by atoms with E-state index in [1.807, 2.05) is 6.26 Å². The Labute approximate surface area is 186 Å². The van der Waals surface area contributed by atoms with Crippen LogP contribution in [0.3, 0.4) is 0 Å². The molecule has 1 unspecified atom stereocenters. The molecule has 2 aromatic rings. The number of hydrogen-bond acceptors (Lipinski definition) is 6. The predicted molar refractivity (Wildman–Crippen MR) is 120 cm³/mol. The van der Waals surface area contributed by atoms with E-state index in [2.05, 4.69) is 10.0 Å². The summed E-state index contributed by atoms with van der Waals surface area (Å²) in [5.41, 5.74) is 0. The number of sulfone groups is 1. The van der Waals surface area contributed by atoms with Gasteiger partial charge in [-0.25, -0.2) is 21.2 Å². The summed E-state index contributed by atoms with van der Waals surface area (Å²) in [4.78, 5) is 12.2. The van der Waals surface area contributed by atoms with E-state index >= 15 is 0 Å². The van der Waals surface area contributed by atoms with Crippen molar-refractivity contribution in [1.82, 2.24) is 10.0 Å². The number of sulfonamides is 1. The molecule has 0 fully saturated rings. The van der Waals surface area contributed by atoms with Gasteiger partial charge in [-0.3, -0.25) is 4.79 Å². The topological polar surface area (TPSA) is 109 Å². The fourth-order valence-corrected chi connectivity index (χ4v) is 5.85. The molecule has 1 amide bonds. The van der Waals surface area contributed by atoms with Crippen LogP contribution in [0, 0.1) is 5.82 Å². The van der Waals surface area contributed by atoms with Crippen molar-refractivity contribution in [3.63, 3.8) is 0 Å². The van der Waals surface area contributed by atoms with Gasteiger partial charge in [0.1, 0.15) is 16.8 Å². The van der Waals surface area contributed by atoms with Crippen LogP contribution in [0.15, 0.2) is 64.4 Å². The maximum Gasteiger partial charge on any atom is 0.244 e. The molecule has 0 radical (unpaired) electrons. The first-order valence-corrected chi connectivity index (χ1v) is 14.0. The highest BCUT2D eigenvalue weighted by atomic mass is 32.2. The molecular weight excluding hydrogens is 463 g/mol. The molecule has 0 spiro atoms. The van der Waals surface area contributed by atoms with Crippen LogP contribution in [0.4, 0.5) is 4.39 Å². The second-order valence-corrected chi connectivity index (χ2v) is 11.4. The Kier molecular flexibility index (Phi) is 9.48. The standard InChI is InChI=1S/C20H25FN2O5S3/c1-29-14-12-18(23-31(27,28)19-11-6-5-10-17(19)21)20(24)22-13-7-15-30(25,26)16-8-3-2-4-9-16/h2-6,8-11,18,23H,7,12-15H2,1H3,(H,22,24). The van der Waals surface area contributed by atoms with Gasteiger partial charge in [0, 0.05) is 6.54 Å². The van der Waals surface area contributed by atoms with Crippen LogP contribution in [-0.2, 0) is 24.7 Å². The normalized spacial score (nSPS) is 13.0. The number of rotatable bonds is 12. The summed E-state index contributed by atoms with van der Waals surface area (Å²) in [5, 5.41) is 2.57. The Morgan fingerprint density at radius 3 is 2.32 bits per heavy atom. The van der Waals surface area contributed by atoms with E-state index in [0.29, 0.717) is 5.75 Å².